The molecule has 0 saturated carbocycles. The van der Waals surface area contributed by atoms with Crippen LogP contribution in [0.3, 0.4) is 0 Å². The van der Waals surface area contributed by atoms with E-state index in [1.54, 1.807) is 31.2 Å². The van der Waals surface area contributed by atoms with Gasteiger partial charge in [-0.3, -0.25) is 4.79 Å². The Morgan fingerprint density at radius 1 is 1.29 bits per heavy atom. The molecule has 1 heterocycles. The van der Waals surface area contributed by atoms with Crippen LogP contribution < -0.4 is 15.9 Å². The van der Waals surface area contributed by atoms with Gasteiger partial charge in [0, 0.05) is 5.56 Å². The van der Waals surface area contributed by atoms with Gasteiger partial charge in [-0.1, -0.05) is 36.0 Å². The van der Waals surface area contributed by atoms with Crippen molar-refractivity contribution in [1.82, 2.24) is 14.9 Å². The Bertz CT molecular complexity index is 978. The number of carbonyl (C=O) groups is 1. The lowest BCUT2D eigenvalue weighted by Crippen LogP contribution is -2.24. The third-order valence-corrected chi connectivity index (χ3v) is 4.90. The van der Waals surface area contributed by atoms with Crippen LogP contribution in [0.5, 0.6) is 5.75 Å². The van der Waals surface area contributed by atoms with Crippen LogP contribution in [0.2, 0.25) is 0 Å². The molecule has 0 saturated heterocycles. The molecule has 2 aromatic carbocycles. The van der Waals surface area contributed by atoms with Gasteiger partial charge in [0.1, 0.15) is 11.6 Å². The molecular formula is C19H20FN5O2S. The van der Waals surface area contributed by atoms with Crippen molar-refractivity contribution in [2.75, 3.05) is 17.8 Å². The normalized spacial score (nSPS) is 11.8. The minimum Gasteiger partial charge on any atom is -0.492 e. The minimum atomic E-state index is -0.499. The molecule has 1 amide bonds. The highest BCUT2D eigenvalue weighted by Crippen LogP contribution is 2.28. The lowest BCUT2D eigenvalue weighted by Gasteiger charge is -2.14. The quantitative estimate of drug-likeness (QED) is 0.466. The van der Waals surface area contributed by atoms with Crippen LogP contribution in [0.1, 0.15) is 13.8 Å². The second kappa shape index (κ2) is 8.75. The van der Waals surface area contributed by atoms with E-state index in [0.717, 1.165) is 11.8 Å². The molecule has 3 aromatic rings. The van der Waals surface area contributed by atoms with Gasteiger partial charge in [-0.15, -0.1) is 10.2 Å². The SMILES string of the molecule is CCOc1ccccc1NC(=O)[C@@H](C)Sc1nnc(-c2cccc(F)c2)n1N. The highest BCUT2D eigenvalue weighted by molar-refractivity contribution is 8.00. The van der Waals surface area contributed by atoms with Crippen LogP contribution in [0, 0.1) is 5.82 Å². The molecule has 1 atom stereocenters. The highest BCUT2D eigenvalue weighted by atomic mass is 32.2. The van der Waals surface area contributed by atoms with Gasteiger partial charge in [0.15, 0.2) is 5.82 Å². The van der Waals surface area contributed by atoms with E-state index in [2.05, 4.69) is 15.5 Å². The Labute approximate surface area is 166 Å². The molecule has 28 heavy (non-hydrogen) atoms. The van der Waals surface area contributed by atoms with E-state index in [4.69, 9.17) is 10.6 Å². The lowest BCUT2D eigenvalue weighted by molar-refractivity contribution is -0.115. The van der Waals surface area contributed by atoms with Gasteiger partial charge in [-0.25, -0.2) is 9.07 Å². The maximum atomic E-state index is 13.4. The average molecular weight is 401 g/mol. The number of para-hydroxylation sites is 2. The first-order valence-corrected chi connectivity index (χ1v) is 9.53. The number of halogens is 1. The fraction of sp³-hybridized carbons (Fsp3) is 0.211. The van der Waals surface area contributed by atoms with Crippen molar-refractivity contribution in [2.24, 2.45) is 0 Å². The number of hydrogen-bond acceptors (Lipinski definition) is 6. The first-order valence-electron chi connectivity index (χ1n) is 8.65. The molecule has 146 valence electrons. The van der Waals surface area contributed by atoms with Crippen LogP contribution in [0.15, 0.2) is 53.7 Å². The molecule has 0 aliphatic carbocycles. The number of rotatable bonds is 7. The van der Waals surface area contributed by atoms with Crippen molar-refractivity contribution in [1.29, 1.82) is 0 Å². The summed E-state index contributed by atoms with van der Waals surface area (Å²) in [5.74, 6) is 6.34. The fourth-order valence-electron chi connectivity index (χ4n) is 2.48. The summed E-state index contributed by atoms with van der Waals surface area (Å²) in [6.07, 6.45) is 0. The molecule has 0 aliphatic heterocycles. The van der Waals surface area contributed by atoms with Gasteiger partial charge in [0.05, 0.1) is 17.5 Å². The number of nitrogens with two attached hydrogens (primary N) is 1. The van der Waals surface area contributed by atoms with Gasteiger partial charge in [-0.05, 0) is 38.1 Å². The fourth-order valence-corrected chi connectivity index (χ4v) is 3.25. The summed E-state index contributed by atoms with van der Waals surface area (Å²) in [6.45, 7) is 4.11. The molecule has 0 aliphatic rings. The van der Waals surface area contributed by atoms with Crippen molar-refractivity contribution >= 4 is 23.4 Å². The zero-order valence-electron chi connectivity index (χ0n) is 15.4. The molecular weight excluding hydrogens is 381 g/mol. The number of aromatic nitrogens is 3. The number of nitrogens with zero attached hydrogens (tertiary/aromatic N) is 3. The number of carbonyl (C=O) groups excluding carboxylic acids is 1. The summed E-state index contributed by atoms with van der Waals surface area (Å²) in [5, 5.41) is 10.7. The zero-order valence-corrected chi connectivity index (χ0v) is 16.2. The Morgan fingerprint density at radius 3 is 2.82 bits per heavy atom. The second-order valence-corrected chi connectivity index (χ2v) is 7.17. The lowest BCUT2D eigenvalue weighted by atomic mass is 10.2. The number of ether oxygens (including phenoxy) is 1. The van der Waals surface area contributed by atoms with Gasteiger partial charge < -0.3 is 15.9 Å². The molecule has 3 N–H and O–H groups in total. The van der Waals surface area contributed by atoms with Crippen molar-refractivity contribution in [2.45, 2.75) is 24.3 Å². The van der Waals surface area contributed by atoms with E-state index in [1.807, 2.05) is 19.1 Å². The van der Waals surface area contributed by atoms with E-state index >= 15 is 0 Å². The molecule has 3 rings (SSSR count). The summed E-state index contributed by atoms with van der Waals surface area (Å²) < 4.78 is 20.2. The first kappa shape index (κ1) is 19.7. The second-order valence-electron chi connectivity index (χ2n) is 5.87. The van der Waals surface area contributed by atoms with Crippen molar-refractivity contribution < 1.29 is 13.9 Å². The molecule has 0 fully saturated rings. The molecule has 0 unspecified atom stereocenters. The van der Waals surface area contributed by atoms with Crippen molar-refractivity contribution in [3.8, 4) is 17.1 Å². The summed E-state index contributed by atoms with van der Waals surface area (Å²) in [4.78, 5) is 12.6. The molecule has 7 nitrogen and oxygen atoms in total. The number of anilines is 1. The summed E-state index contributed by atoms with van der Waals surface area (Å²) in [5.41, 5.74) is 1.10. The highest BCUT2D eigenvalue weighted by Gasteiger charge is 2.21. The largest absolute Gasteiger partial charge is 0.492 e. The topological polar surface area (TPSA) is 95.1 Å². The number of thioether (sulfide) groups is 1. The van der Waals surface area contributed by atoms with E-state index < -0.39 is 11.1 Å². The average Bonchev–Trinajstić information content (AvgIpc) is 3.04. The number of nitrogen functional groups attached to an aromatic ring is 1. The third-order valence-electron chi connectivity index (χ3n) is 3.84. The number of nitrogens with one attached hydrogen (secondary N) is 1. The van der Waals surface area contributed by atoms with E-state index in [9.17, 15) is 9.18 Å². The van der Waals surface area contributed by atoms with Crippen LogP contribution in [0.4, 0.5) is 10.1 Å². The maximum Gasteiger partial charge on any atom is 0.237 e. The molecule has 0 spiro atoms. The van der Waals surface area contributed by atoms with Crippen molar-refractivity contribution in [3.05, 3.63) is 54.3 Å². The van der Waals surface area contributed by atoms with E-state index in [0.29, 0.717) is 34.6 Å². The Hall–Kier alpha value is -3.07. The molecule has 0 radical (unpaired) electrons. The standard InChI is InChI=1S/C19H20FN5O2S/c1-3-27-16-10-5-4-9-15(16)22-18(26)12(2)28-19-24-23-17(25(19)21)13-7-6-8-14(20)11-13/h4-12H,3,21H2,1-2H3,(H,22,26)/t12-/m1/s1. The number of benzene rings is 2. The predicted molar refractivity (Wildman–Crippen MR) is 107 cm³/mol. The summed E-state index contributed by atoms with van der Waals surface area (Å²) >= 11 is 1.15. The van der Waals surface area contributed by atoms with Crippen molar-refractivity contribution in [3.63, 3.8) is 0 Å². The smallest absolute Gasteiger partial charge is 0.237 e. The molecule has 9 heteroatoms. The van der Waals surface area contributed by atoms with Gasteiger partial charge >= 0.3 is 0 Å². The van der Waals surface area contributed by atoms with Crippen LogP contribution >= 0.6 is 11.8 Å². The van der Waals surface area contributed by atoms with E-state index in [1.165, 1.54) is 16.8 Å². The zero-order chi connectivity index (χ0) is 20.1. The van der Waals surface area contributed by atoms with Gasteiger partial charge in [0.25, 0.3) is 0 Å². The summed E-state index contributed by atoms with van der Waals surface area (Å²) in [6, 6.07) is 13.1. The van der Waals surface area contributed by atoms with Crippen LogP contribution in [-0.2, 0) is 4.79 Å². The van der Waals surface area contributed by atoms with E-state index in [-0.39, 0.29) is 5.91 Å². The maximum absolute atomic E-state index is 13.4. The minimum absolute atomic E-state index is 0.229. The first-order chi connectivity index (χ1) is 13.5. The summed E-state index contributed by atoms with van der Waals surface area (Å²) in [7, 11) is 0. The molecule has 1 aromatic heterocycles. The Balaban J connectivity index is 1.71. The van der Waals surface area contributed by atoms with Gasteiger partial charge in [0.2, 0.25) is 11.1 Å². The van der Waals surface area contributed by atoms with Gasteiger partial charge in [-0.2, -0.15) is 0 Å². The monoisotopic (exact) mass is 401 g/mol. The third kappa shape index (κ3) is 4.42. The van der Waals surface area contributed by atoms with Crippen LogP contribution in [-0.4, -0.2) is 32.6 Å². The number of hydrogen-bond donors (Lipinski definition) is 2. The molecule has 0 bridgehead atoms. The predicted octanol–water partition coefficient (Wildman–Crippen LogP) is 3.32. The Morgan fingerprint density at radius 2 is 2.07 bits per heavy atom. The Kier molecular flexibility index (Phi) is 6.15. The van der Waals surface area contributed by atoms with Crippen LogP contribution in [0.25, 0.3) is 11.4 Å². The number of amides is 1.